The number of benzene rings is 2. The SMILES string of the molecule is CC(C)Cc1ccc([C@H]([NH2+]CC(=O)Nc2ccccc2C#N)C(C)C)cc1. The number of nitrogens with two attached hydrogens (primary N) is 1. The summed E-state index contributed by atoms with van der Waals surface area (Å²) >= 11 is 0. The molecule has 0 aliphatic carbocycles. The van der Waals surface area contributed by atoms with E-state index in [1.54, 1.807) is 18.2 Å². The maximum atomic E-state index is 12.4. The van der Waals surface area contributed by atoms with Crippen molar-refractivity contribution in [3.8, 4) is 6.07 Å². The van der Waals surface area contributed by atoms with Crippen molar-refractivity contribution in [2.24, 2.45) is 11.8 Å². The number of rotatable bonds is 8. The molecule has 0 spiro atoms. The van der Waals surface area contributed by atoms with Crippen LogP contribution in [0.3, 0.4) is 0 Å². The van der Waals surface area contributed by atoms with Crippen molar-refractivity contribution in [1.82, 2.24) is 0 Å². The second-order valence-corrected chi connectivity index (χ2v) is 7.75. The highest BCUT2D eigenvalue weighted by Crippen LogP contribution is 2.19. The van der Waals surface area contributed by atoms with Gasteiger partial charge in [0, 0.05) is 11.5 Å². The van der Waals surface area contributed by atoms with Gasteiger partial charge in [0.15, 0.2) is 6.54 Å². The van der Waals surface area contributed by atoms with Crippen molar-refractivity contribution < 1.29 is 10.1 Å². The number of nitrogens with one attached hydrogen (secondary N) is 1. The molecule has 0 aliphatic heterocycles. The second-order valence-electron chi connectivity index (χ2n) is 7.75. The second kappa shape index (κ2) is 9.89. The normalized spacial score (nSPS) is 12.0. The number of quaternary nitrogens is 1. The number of nitriles is 1. The Bertz CT molecular complexity index is 788. The van der Waals surface area contributed by atoms with Crippen molar-refractivity contribution in [3.05, 3.63) is 65.2 Å². The van der Waals surface area contributed by atoms with Crippen LogP contribution in [0.5, 0.6) is 0 Å². The lowest BCUT2D eigenvalue weighted by molar-refractivity contribution is -0.692. The topological polar surface area (TPSA) is 69.5 Å². The van der Waals surface area contributed by atoms with Gasteiger partial charge in [0.1, 0.15) is 12.1 Å². The molecule has 0 saturated carbocycles. The summed E-state index contributed by atoms with van der Waals surface area (Å²) in [6.07, 6.45) is 1.08. The molecule has 0 aliphatic rings. The summed E-state index contributed by atoms with van der Waals surface area (Å²) in [5.41, 5.74) is 3.63. The molecule has 0 heterocycles. The molecule has 0 saturated heterocycles. The fourth-order valence-corrected chi connectivity index (χ4v) is 3.27. The fourth-order valence-electron chi connectivity index (χ4n) is 3.27. The molecule has 3 N–H and O–H groups in total. The van der Waals surface area contributed by atoms with Crippen molar-refractivity contribution >= 4 is 11.6 Å². The Labute approximate surface area is 162 Å². The lowest BCUT2D eigenvalue weighted by atomic mass is 9.93. The largest absolute Gasteiger partial charge is 0.332 e. The zero-order chi connectivity index (χ0) is 19.8. The van der Waals surface area contributed by atoms with Gasteiger partial charge >= 0.3 is 0 Å². The van der Waals surface area contributed by atoms with Crippen LogP contribution in [0.4, 0.5) is 5.69 Å². The summed E-state index contributed by atoms with van der Waals surface area (Å²) in [5, 5.41) is 14.1. The van der Waals surface area contributed by atoms with Gasteiger partial charge < -0.3 is 10.6 Å². The van der Waals surface area contributed by atoms with Gasteiger partial charge in [-0.15, -0.1) is 0 Å². The van der Waals surface area contributed by atoms with E-state index in [1.165, 1.54) is 11.1 Å². The molecule has 0 radical (unpaired) electrons. The van der Waals surface area contributed by atoms with Gasteiger partial charge in [0.25, 0.3) is 5.91 Å². The third-order valence-electron chi connectivity index (χ3n) is 4.61. The summed E-state index contributed by atoms with van der Waals surface area (Å²) in [5.74, 6) is 0.947. The van der Waals surface area contributed by atoms with Crippen molar-refractivity contribution in [3.63, 3.8) is 0 Å². The van der Waals surface area contributed by atoms with E-state index in [1.807, 2.05) is 6.07 Å². The van der Waals surface area contributed by atoms with E-state index < -0.39 is 0 Å². The Morgan fingerprint density at radius 1 is 1.07 bits per heavy atom. The summed E-state index contributed by atoms with van der Waals surface area (Å²) in [4.78, 5) is 12.4. The number of hydrogen-bond acceptors (Lipinski definition) is 2. The highest BCUT2D eigenvalue weighted by molar-refractivity contribution is 5.92. The van der Waals surface area contributed by atoms with Crippen LogP contribution in [-0.4, -0.2) is 12.5 Å². The molecule has 1 atom stereocenters. The number of carbonyl (C=O) groups is 1. The van der Waals surface area contributed by atoms with Crippen LogP contribution in [0, 0.1) is 23.2 Å². The summed E-state index contributed by atoms with van der Waals surface area (Å²) in [7, 11) is 0. The van der Waals surface area contributed by atoms with Crippen LogP contribution in [0.1, 0.15) is 50.4 Å². The van der Waals surface area contributed by atoms with Crippen LogP contribution >= 0.6 is 0 Å². The number of carbonyl (C=O) groups excluding carboxylic acids is 1. The molecule has 0 fully saturated rings. The zero-order valence-electron chi connectivity index (χ0n) is 16.7. The van der Waals surface area contributed by atoms with Crippen LogP contribution in [0.25, 0.3) is 0 Å². The third kappa shape index (κ3) is 6.23. The minimum absolute atomic E-state index is 0.0974. The lowest BCUT2D eigenvalue weighted by Gasteiger charge is -2.20. The van der Waals surface area contributed by atoms with Crippen LogP contribution in [0.15, 0.2) is 48.5 Å². The first-order valence-electron chi connectivity index (χ1n) is 9.61. The molecule has 142 valence electrons. The first-order valence-corrected chi connectivity index (χ1v) is 9.61. The quantitative estimate of drug-likeness (QED) is 0.750. The summed E-state index contributed by atoms with van der Waals surface area (Å²) in [6.45, 7) is 9.11. The van der Waals surface area contributed by atoms with E-state index in [2.05, 4.69) is 68.7 Å². The number of nitrogens with zero attached hydrogens (tertiary/aromatic N) is 1. The van der Waals surface area contributed by atoms with Crippen molar-refractivity contribution in [2.45, 2.75) is 40.2 Å². The molecule has 1 amide bonds. The first kappa shape index (κ1) is 20.7. The summed E-state index contributed by atoms with van der Waals surface area (Å²) in [6, 6.07) is 18.1. The Balaban J connectivity index is 2.00. The van der Waals surface area contributed by atoms with Crippen molar-refractivity contribution in [1.29, 1.82) is 5.26 Å². The van der Waals surface area contributed by atoms with Crippen LogP contribution in [0.2, 0.25) is 0 Å². The molecule has 4 nitrogen and oxygen atoms in total. The highest BCUT2D eigenvalue weighted by Gasteiger charge is 2.20. The Morgan fingerprint density at radius 3 is 2.33 bits per heavy atom. The Morgan fingerprint density at radius 2 is 1.74 bits per heavy atom. The molecule has 2 aromatic carbocycles. The molecular weight excluding hydrogens is 334 g/mol. The number of para-hydroxylation sites is 1. The van der Waals surface area contributed by atoms with Crippen LogP contribution in [-0.2, 0) is 11.2 Å². The number of amides is 1. The average Bonchev–Trinajstić information content (AvgIpc) is 2.63. The third-order valence-corrected chi connectivity index (χ3v) is 4.61. The Kier molecular flexibility index (Phi) is 7.57. The monoisotopic (exact) mass is 364 g/mol. The fraction of sp³-hybridized carbons (Fsp3) is 0.391. The summed E-state index contributed by atoms with van der Waals surface area (Å²) < 4.78 is 0. The standard InChI is InChI=1S/C23H29N3O/c1-16(2)13-18-9-11-19(12-10-18)23(17(3)4)25-15-22(27)26-21-8-6-5-7-20(21)14-24/h5-12,16-17,23,25H,13,15H2,1-4H3,(H,26,27)/p+1/t23-/m1/s1. The minimum Gasteiger partial charge on any atom is -0.332 e. The first-order chi connectivity index (χ1) is 12.9. The number of hydrogen-bond donors (Lipinski definition) is 2. The molecule has 0 bridgehead atoms. The van der Waals surface area contributed by atoms with Gasteiger partial charge in [0.05, 0.1) is 11.3 Å². The van der Waals surface area contributed by atoms with Gasteiger partial charge in [-0.25, -0.2) is 0 Å². The van der Waals surface area contributed by atoms with E-state index >= 15 is 0 Å². The van der Waals surface area contributed by atoms with Crippen LogP contribution < -0.4 is 10.6 Å². The van der Waals surface area contributed by atoms with E-state index in [0.717, 1.165) is 6.42 Å². The molecule has 0 unspecified atom stereocenters. The van der Waals surface area contributed by atoms with E-state index in [4.69, 9.17) is 5.26 Å². The van der Waals surface area contributed by atoms with Gasteiger partial charge in [-0.1, -0.05) is 64.1 Å². The number of anilines is 1. The van der Waals surface area contributed by atoms with Gasteiger partial charge in [-0.05, 0) is 30.0 Å². The van der Waals surface area contributed by atoms with E-state index in [0.29, 0.717) is 29.6 Å². The smallest absolute Gasteiger partial charge is 0.279 e. The molecule has 27 heavy (non-hydrogen) atoms. The predicted molar refractivity (Wildman–Crippen MR) is 109 cm³/mol. The maximum absolute atomic E-state index is 12.4. The van der Waals surface area contributed by atoms with E-state index in [-0.39, 0.29) is 11.9 Å². The van der Waals surface area contributed by atoms with Gasteiger partial charge in [-0.3, -0.25) is 4.79 Å². The minimum atomic E-state index is -0.0974. The molecule has 4 heteroatoms. The highest BCUT2D eigenvalue weighted by atomic mass is 16.1. The maximum Gasteiger partial charge on any atom is 0.279 e. The van der Waals surface area contributed by atoms with E-state index in [9.17, 15) is 4.79 Å². The average molecular weight is 365 g/mol. The van der Waals surface area contributed by atoms with Gasteiger partial charge in [0.2, 0.25) is 0 Å². The zero-order valence-corrected chi connectivity index (χ0v) is 16.7. The Hall–Kier alpha value is -2.64. The lowest BCUT2D eigenvalue weighted by Crippen LogP contribution is -2.88. The van der Waals surface area contributed by atoms with Crippen molar-refractivity contribution in [2.75, 3.05) is 11.9 Å². The van der Waals surface area contributed by atoms with Gasteiger partial charge in [-0.2, -0.15) is 5.26 Å². The molecule has 2 rings (SSSR count). The predicted octanol–water partition coefficient (Wildman–Crippen LogP) is 3.66. The molecule has 0 aromatic heterocycles. The molecular formula is C23H30N3O+. The molecule has 2 aromatic rings.